The van der Waals surface area contributed by atoms with Crippen molar-refractivity contribution in [2.24, 2.45) is 18.7 Å². The molecule has 20 heavy (non-hydrogen) atoms. The molecular weight excluding hydrogens is 274 g/mol. The number of hydrogen-bond donors (Lipinski definition) is 2. The number of anilines is 1. The molecule has 2 aromatic rings. The molecule has 0 saturated carbocycles. The van der Waals surface area contributed by atoms with Crippen LogP contribution in [0.5, 0.6) is 0 Å². The van der Waals surface area contributed by atoms with Crippen LogP contribution in [0.15, 0.2) is 17.8 Å². The highest BCUT2D eigenvalue weighted by Gasteiger charge is 2.20. The highest BCUT2D eigenvalue weighted by molar-refractivity contribution is 7.14. The summed E-state index contributed by atoms with van der Waals surface area (Å²) in [6.07, 6.45) is 4.49. The van der Waals surface area contributed by atoms with E-state index in [-0.39, 0.29) is 11.8 Å². The van der Waals surface area contributed by atoms with Crippen LogP contribution in [0.25, 0.3) is 11.3 Å². The van der Waals surface area contributed by atoms with Crippen LogP contribution < -0.4 is 11.1 Å². The van der Waals surface area contributed by atoms with Crippen molar-refractivity contribution in [2.75, 3.05) is 5.32 Å². The van der Waals surface area contributed by atoms with Gasteiger partial charge in [-0.05, 0) is 5.92 Å². The van der Waals surface area contributed by atoms with Gasteiger partial charge in [-0.1, -0.05) is 20.3 Å². The summed E-state index contributed by atoms with van der Waals surface area (Å²) in [5.41, 5.74) is 7.62. The monoisotopic (exact) mass is 293 g/mol. The minimum absolute atomic E-state index is 0.146. The molecule has 0 aromatic carbocycles. The Morgan fingerprint density at radius 2 is 2.35 bits per heavy atom. The van der Waals surface area contributed by atoms with Crippen LogP contribution in [-0.2, 0) is 11.8 Å². The van der Waals surface area contributed by atoms with Crippen LogP contribution in [0.3, 0.4) is 0 Å². The first-order valence-electron chi connectivity index (χ1n) is 6.52. The van der Waals surface area contributed by atoms with Crippen molar-refractivity contribution in [2.45, 2.75) is 26.3 Å². The lowest BCUT2D eigenvalue weighted by molar-refractivity contribution is -0.118. The maximum absolute atomic E-state index is 12.0. The number of aryl methyl sites for hydroxylation is 1. The molecule has 6 nitrogen and oxygen atoms in total. The van der Waals surface area contributed by atoms with Gasteiger partial charge in [-0.2, -0.15) is 5.10 Å². The van der Waals surface area contributed by atoms with Gasteiger partial charge in [0.25, 0.3) is 0 Å². The fourth-order valence-corrected chi connectivity index (χ4v) is 2.44. The van der Waals surface area contributed by atoms with E-state index >= 15 is 0 Å². The number of rotatable bonds is 5. The van der Waals surface area contributed by atoms with Crippen molar-refractivity contribution < 1.29 is 4.79 Å². The smallest absolute Gasteiger partial charge is 0.243 e. The van der Waals surface area contributed by atoms with Gasteiger partial charge in [0, 0.05) is 24.2 Å². The zero-order valence-electron chi connectivity index (χ0n) is 11.8. The minimum Gasteiger partial charge on any atom is -0.320 e. The SMILES string of the molecule is CC[C@H](C)[C@H](N)C(=O)Nc1nc(-c2cnn(C)c2)cs1. The molecule has 2 rings (SSSR count). The van der Waals surface area contributed by atoms with E-state index in [2.05, 4.69) is 15.4 Å². The van der Waals surface area contributed by atoms with Gasteiger partial charge in [-0.15, -0.1) is 11.3 Å². The second kappa shape index (κ2) is 6.15. The van der Waals surface area contributed by atoms with E-state index in [1.807, 2.05) is 32.5 Å². The number of nitrogens with one attached hydrogen (secondary N) is 1. The first-order chi connectivity index (χ1) is 9.51. The Morgan fingerprint density at radius 3 is 2.95 bits per heavy atom. The van der Waals surface area contributed by atoms with E-state index in [0.717, 1.165) is 17.7 Å². The number of carbonyl (C=O) groups excluding carboxylic acids is 1. The van der Waals surface area contributed by atoms with Crippen LogP contribution in [0.2, 0.25) is 0 Å². The van der Waals surface area contributed by atoms with Crippen molar-refractivity contribution in [3.63, 3.8) is 0 Å². The van der Waals surface area contributed by atoms with E-state index in [1.165, 1.54) is 11.3 Å². The number of nitrogens with zero attached hydrogens (tertiary/aromatic N) is 3. The number of thiazole rings is 1. The van der Waals surface area contributed by atoms with Gasteiger partial charge in [0.15, 0.2) is 5.13 Å². The third kappa shape index (κ3) is 3.23. The van der Waals surface area contributed by atoms with Gasteiger partial charge in [0.2, 0.25) is 5.91 Å². The topological polar surface area (TPSA) is 85.8 Å². The van der Waals surface area contributed by atoms with Gasteiger partial charge in [-0.3, -0.25) is 9.48 Å². The van der Waals surface area contributed by atoms with Crippen molar-refractivity contribution in [3.05, 3.63) is 17.8 Å². The molecule has 0 aliphatic rings. The number of aromatic nitrogens is 3. The summed E-state index contributed by atoms with van der Waals surface area (Å²) in [7, 11) is 1.85. The number of hydrogen-bond acceptors (Lipinski definition) is 5. The fourth-order valence-electron chi connectivity index (χ4n) is 1.72. The molecule has 0 aliphatic carbocycles. The lowest BCUT2D eigenvalue weighted by atomic mass is 10.00. The second-order valence-electron chi connectivity index (χ2n) is 4.84. The lowest BCUT2D eigenvalue weighted by Crippen LogP contribution is -2.40. The van der Waals surface area contributed by atoms with E-state index in [4.69, 9.17) is 5.73 Å². The van der Waals surface area contributed by atoms with Crippen LogP contribution in [0.1, 0.15) is 20.3 Å². The van der Waals surface area contributed by atoms with Gasteiger partial charge in [0.05, 0.1) is 17.9 Å². The third-order valence-corrected chi connectivity index (χ3v) is 4.05. The molecular formula is C13H19N5OS. The summed E-state index contributed by atoms with van der Waals surface area (Å²) < 4.78 is 1.71. The maximum Gasteiger partial charge on any atom is 0.243 e. The van der Waals surface area contributed by atoms with E-state index in [0.29, 0.717) is 5.13 Å². The molecule has 0 unspecified atom stereocenters. The van der Waals surface area contributed by atoms with E-state index in [1.54, 1.807) is 10.9 Å². The normalized spacial score (nSPS) is 14.0. The third-order valence-electron chi connectivity index (χ3n) is 3.29. The molecule has 2 atom stereocenters. The molecule has 0 radical (unpaired) electrons. The van der Waals surface area contributed by atoms with Gasteiger partial charge >= 0.3 is 0 Å². The first kappa shape index (κ1) is 14.7. The summed E-state index contributed by atoms with van der Waals surface area (Å²) >= 11 is 1.38. The number of nitrogens with two attached hydrogens (primary N) is 1. The molecule has 108 valence electrons. The molecule has 0 saturated heterocycles. The molecule has 0 aliphatic heterocycles. The number of amides is 1. The van der Waals surface area contributed by atoms with Gasteiger partial charge < -0.3 is 11.1 Å². The molecule has 0 bridgehead atoms. The average molecular weight is 293 g/mol. The molecule has 3 N–H and O–H groups in total. The summed E-state index contributed by atoms with van der Waals surface area (Å²) in [4.78, 5) is 16.4. The van der Waals surface area contributed by atoms with Gasteiger partial charge in [0.1, 0.15) is 0 Å². The van der Waals surface area contributed by atoms with Crippen molar-refractivity contribution >= 4 is 22.4 Å². The predicted octanol–water partition coefficient (Wildman–Crippen LogP) is 1.86. The molecule has 2 heterocycles. The largest absolute Gasteiger partial charge is 0.320 e. The molecule has 7 heteroatoms. The summed E-state index contributed by atoms with van der Waals surface area (Å²) in [6, 6.07) is -0.509. The van der Waals surface area contributed by atoms with Crippen molar-refractivity contribution in [1.29, 1.82) is 0 Å². The Morgan fingerprint density at radius 1 is 1.60 bits per heavy atom. The lowest BCUT2D eigenvalue weighted by Gasteiger charge is -2.16. The minimum atomic E-state index is -0.509. The Labute approximate surface area is 122 Å². The van der Waals surface area contributed by atoms with Gasteiger partial charge in [-0.25, -0.2) is 4.98 Å². The molecule has 2 aromatic heterocycles. The Hall–Kier alpha value is -1.73. The first-order valence-corrected chi connectivity index (χ1v) is 7.40. The molecule has 0 fully saturated rings. The Kier molecular flexibility index (Phi) is 4.51. The zero-order valence-corrected chi connectivity index (χ0v) is 12.6. The fraction of sp³-hybridized carbons (Fsp3) is 0.462. The molecule has 0 spiro atoms. The van der Waals surface area contributed by atoms with Crippen LogP contribution >= 0.6 is 11.3 Å². The second-order valence-corrected chi connectivity index (χ2v) is 5.70. The highest BCUT2D eigenvalue weighted by Crippen LogP contribution is 2.24. The summed E-state index contributed by atoms with van der Waals surface area (Å²) in [6.45, 7) is 3.98. The molecule has 1 amide bonds. The highest BCUT2D eigenvalue weighted by atomic mass is 32.1. The average Bonchev–Trinajstić information content (AvgIpc) is 3.05. The van der Waals surface area contributed by atoms with Crippen LogP contribution in [-0.4, -0.2) is 26.7 Å². The zero-order chi connectivity index (χ0) is 14.7. The van der Waals surface area contributed by atoms with E-state index < -0.39 is 6.04 Å². The van der Waals surface area contributed by atoms with E-state index in [9.17, 15) is 4.79 Å². The number of carbonyl (C=O) groups is 1. The predicted molar refractivity (Wildman–Crippen MR) is 80.4 cm³/mol. The quantitative estimate of drug-likeness (QED) is 0.881. The summed E-state index contributed by atoms with van der Waals surface area (Å²) in [5, 5.41) is 9.32. The standard InChI is InChI=1S/C13H19N5OS/c1-4-8(2)11(14)12(19)17-13-16-10(7-20-13)9-5-15-18(3)6-9/h5-8,11H,4,14H2,1-3H3,(H,16,17,19)/t8-,11-/m0/s1. The van der Waals surface area contributed by atoms with Crippen LogP contribution in [0.4, 0.5) is 5.13 Å². The Balaban J connectivity index is 2.05. The van der Waals surface area contributed by atoms with Crippen LogP contribution in [0, 0.1) is 5.92 Å². The van der Waals surface area contributed by atoms with Crippen molar-refractivity contribution in [1.82, 2.24) is 14.8 Å². The summed E-state index contributed by atoms with van der Waals surface area (Å²) in [5.74, 6) is -0.0424. The Bertz CT molecular complexity index is 591. The maximum atomic E-state index is 12.0. The van der Waals surface area contributed by atoms with Crippen molar-refractivity contribution in [3.8, 4) is 11.3 Å².